The van der Waals surface area contributed by atoms with E-state index in [-0.39, 0.29) is 5.75 Å². The molecule has 0 rings (SSSR count). The van der Waals surface area contributed by atoms with E-state index in [1.54, 1.807) is 0 Å². The van der Waals surface area contributed by atoms with E-state index in [2.05, 4.69) is 19.2 Å². The minimum absolute atomic E-state index is 0.234. The van der Waals surface area contributed by atoms with Gasteiger partial charge in [0.15, 0.2) is 11.1 Å². The molecule has 72 valence electrons. The maximum absolute atomic E-state index is 10.2. The molecule has 0 bridgehead atoms. The van der Waals surface area contributed by atoms with E-state index in [1.165, 1.54) is 0 Å². The highest BCUT2D eigenvalue weighted by Gasteiger charge is 2.00. The van der Waals surface area contributed by atoms with Gasteiger partial charge in [0, 0.05) is 13.0 Å². The van der Waals surface area contributed by atoms with Gasteiger partial charge in [-0.2, -0.15) is 0 Å². The Morgan fingerprint density at radius 1 is 1.67 bits per heavy atom. The second kappa shape index (κ2) is 6.51. The maximum Gasteiger partial charge on any atom is 0.154 e. The monoisotopic (exact) mass is 209 g/mol. The fraction of sp³-hybridized carbons (Fsp3) is 0.857. The van der Waals surface area contributed by atoms with Gasteiger partial charge in [0.1, 0.15) is 0 Å². The van der Waals surface area contributed by atoms with Crippen molar-refractivity contribution < 1.29 is 8.76 Å². The second-order valence-electron chi connectivity index (χ2n) is 2.97. The predicted octanol–water partition coefficient (Wildman–Crippen LogP) is 1.17. The van der Waals surface area contributed by atoms with E-state index in [0.717, 1.165) is 11.4 Å². The molecule has 0 aromatic carbocycles. The van der Waals surface area contributed by atoms with Gasteiger partial charge in [-0.25, -0.2) is 4.21 Å². The number of thiocarbonyl (C=S) groups is 1. The Balaban J connectivity index is 3.38. The molecular weight excluding hydrogens is 194 g/mol. The molecular formula is C7H15NO2S2. The lowest BCUT2D eigenvalue weighted by Crippen LogP contribution is -2.26. The van der Waals surface area contributed by atoms with Crippen LogP contribution >= 0.6 is 12.2 Å². The van der Waals surface area contributed by atoms with Gasteiger partial charge in [-0.15, -0.1) is 0 Å². The zero-order chi connectivity index (χ0) is 9.56. The van der Waals surface area contributed by atoms with Crippen LogP contribution in [0.3, 0.4) is 0 Å². The lowest BCUT2D eigenvalue weighted by Gasteiger charge is -2.08. The number of hydrogen-bond acceptors (Lipinski definition) is 2. The molecule has 0 radical (unpaired) electrons. The fourth-order valence-electron chi connectivity index (χ4n) is 0.721. The molecule has 2 N–H and O–H groups in total. The summed E-state index contributed by atoms with van der Waals surface area (Å²) in [5, 5.41) is 2.92. The summed E-state index contributed by atoms with van der Waals surface area (Å²) in [6.45, 7) is 4.64. The molecule has 0 aromatic rings. The highest BCUT2D eigenvalue weighted by atomic mass is 32.2. The van der Waals surface area contributed by atoms with Crippen LogP contribution in [0.25, 0.3) is 0 Å². The molecule has 1 atom stereocenters. The largest absolute Gasteiger partial charge is 0.379 e. The Labute approximate surface area is 81.2 Å². The molecule has 1 unspecified atom stereocenters. The lowest BCUT2D eigenvalue weighted by molar-refractivity contribution is 0.563. The highest BCUT2D eigenvalue weighted by Crippen LogP contribution is 1.99. The van der Waals surface area contributed by atoms with Crippen LogP contribution in [-0.2, 0) is 11.1 Å². The summed E-state index contributed by atoms with van der Waals surface area (Å²) in [5.74, 6) is 0.766. The molecule has 0 spiro atoms. The van der Waals surface area contributed by atoms with E-state index in [9.17, 15) is 4.21 Å². The first-order valence-electron chi connectivity index (χ1n) is 3.86. The van der Waals surface area contributed by atoms with Crippen molar-refractivity contribution in [2.75, 3.05) is 12.3 Å². The molecule has 3 nitrogen and oxygen atoms in total. The van der Waals surface area contributed by atoms with Gasteiger partial charge >= 0.3 is 0 Å². The topological polar surface area (TPSA) is 49.3 Å². The Morgan fingerprint density at radius 2 is 2.25 bits per heavy atom. The van der Waals surface area contributed by atoms with Crippen LogP contribution in [0.4, 0.5) is 0 Å². The van der Waals surface area contributed by atoms with E-state index in [1.807, 2.05) is 0 Å². The molecule has 5 heteroatoms. The molecule has 0 aliphatic carbocycles. The summed E-state index contributed by atoms with van der Waals surface area (Å²) in [4.78, 5) is 0.774. The van der Waals surface area contributed by atoms with Gasteiger partial charge in [0.2, 0.25) is 0 Å². The van der Waals surface area contributed by atoms with Gasteiger partial charge < -0.3 is 9.87 Å². The van der Waals surface area contributed by atoms with Crippen LogP contribution in [0.15, 0.2) is 0 Å². The van der Waals surface area contributed by atoms with Gasteiger partial charge in [-0.1, -0.05) is 26.1 Å². The molecule has 0 saturated heterocycles. The standard InChI is InChI=1S/C7H15NO2S2/c1-6(2)5-7(11)8-3-4-12(9)10/h6H,3-5H2,1-2H3,(H,8,11)(H,9,10). The van der Waals surface area contributed by atoms with Crippen LogP contribution in [0.2, 0.25) is 0 Å². The van der Waals surface area contributed by atoms with E-state index >= 15 is 0 Å². The van der Waals surface area contributed by atoms with Crippen molar-refractivity contribution in [2.45, 2.75) is 20.3 Å². The first-order valence-corrected chi connectivity index (χ1v) is 5.55. The Bertz CT molecular complexity index is 171. The summed E-state index contributed by atoms with van der Waals surface area (Å²) in [6.07, 6.45) is 0.841. The molecule has 0 aliphatic heterocycles. The van der Waals surface area contributed by atoms with E-state index in [4.69, 9.17) is 16.8 Å². The van der Waals surface area contributed by atoms with Crippen molar-refractivity contribution in [3.05, 3.63) is 0 Å². The second-order valence-corrected chi connectivity index (χ2v) is 4.52. The number of rotatable bonds is 5. The third-order valence-corrected chi connectivity index (χ3v) is 2.06. The zero-order valence-corrected chi connectivity index (χ0v) is 9.00. The van der Waals surface area contributed by atoms with Crippen molar-refractivity contribution in [1.82, 2.24) is 5.32 Å². The van der Waals surface area contributed by atoms with Crippen LogP contribution in [0.1, 0.15) is 20.3 Å². The minimum Gasteiger partial charge on any atom is -0.379 e. The summed E-state index contributed by atoms with van der Waals surface area (Å²) >= 11 is 3.27. The van der Waals surface area contributed by atoms with Crippen molar-refractivity contribution in [3.8, 4) is 0 Å². The fourth-order valence-corrected chi connectivity index (χ4v) is 1.43. The third kappa shape index (κ3) is 8.10. The minimum atomic E-state index is -1.72. The quantitative estimate of drug-likeness (QED) is 0.527. The lowest BCUT2D eigenvalue weighted by atomic mass is 10.1. The Kier molecular flexibility index (Phi) is 6.51. The van der Waals surface area contributed by atoms with Crippen molar-refractivity contribution in [1.29, 1.82) is 0 Å². The van der Waals surface area contributed by atoms with Crippen LogP contribution in [-0.4, -0.2) is 26.0 Å². The number of hydrogen-bond donors (Lipinski definition) is 2. The van der Waals surface area contributed by atoms with Crippen molar-refractivity contribution in [2.24, 2.45) is 5.92 Å². The van der Waals surface area contributed by atoms with Crippen LogP contribution < -0.4 is 5.32 Å². The summed E-state index contributed by atoms with van der Waals surface area (Å²) in [7, 11) is 0. The molecule has 0 fully saturated rings. The van der Waals surface area contributed by atoms with E-state index < -0.39 is 11.1 Å². The predicted molar refractivity (Wildman–Crippen MR) is 55.7 cm³/mol. The molecule has 12 heavy (non-hydrogen) atoms. The average molecular weight is 209 g/mol. The Morgan fingerprint density at radius 3 is 2.67 bits per heavy atom. The van der Waals surface area contributed by atoms with Crippen LogP contribution in [0.5, 0.6) is 0 Å². The molecule has 0 aliphatic rings. The average Bonchev–Trinajstić information content (AvgIpc) is 1.84. The van der Waals surface area contributed by atoms with Gasteiger partial charge in [0.05, 0.1) is 10.7 Å². The van der Waals surface area contributed by atoms with Gasteiger partial charge in [-0.05, 0) is 5.92 Å². The molecule has 0 saturated carbocycles. The number of nitrogens with one attached hydrogen (secondary N) is 1. The molecule has 0 heterocycles. The van der Waals surface area contributed by atoms with Gasteiger partial charge in [-0.3, -0.25) is 0 Å². The highest BCUT2D eigenvalue weighted by molar-refractivity contribution is 7.80. The smallest absolute Gasteiger partial charge is 0.154 e. The molecule has 0 amide bonds. The van der Waals surface area contributed by atoms with Crippen molar-refractivity contribution >= 4 is 28.3 Å². The first kappa shape index (κ1) is 12.0. The summed E-state index contributed by atoms with van der Waals surface area (Å²) < 4.78 is 18.7. The third-order valence-electron chi connectivity index (χ3n) is 1.19. The van der Waals surface area contributed by atoms with Gasteiger partial charge in [0.25, 0.3) is 0 Å². The SMILES string of the molecule is CC(C)CC(=S)NCCS(=O)O. The van der Waals surface area contributed by atoms with E-state index in [0.29, 0.717) is 12.5 Å². The maximum atomic E-state index is 10.2. The summed E-state index contributed by atoms with van der Waals surface area (Å²) in [5.41, 5.74) is 0. The molecule has 0 aromatic heterocycles. The Hall–Kier alpha value is -0.0000000000000000486. The zero-order valence-electron chi connectivity index (χ0n) is 7.37. The normalized spacial score (nSPS) is 13.0. The van der Waals surface area contributed by atoms with Crippen molar-refractivity contribution in [3.63, 3.8) is 0 Å². The first-order chi connectivity index (χ1) is 5.52. The van der Waals surface area contributed by atoms with Crippen LogP contribution in [0, 0.1) is 5.92 Å². The summed E-state index contributed by atoms with van der Waals surface area (Å²) in [6, 6.07) is 0.